The molecule has 62 valence electrons. The van der Waals surface area contributed by atoms with Crippen LogP contribution in [0.5, 0.6) is 0 Å². The predicted molar refractivity (Wildman–Crippen MR) is 48.9 cm³/mol. The smallest absolute Gasteiger partial charge is 0.339 e. The van der Waals surface area contributed by atoms with Crippen molar-refractivity contribution in [2.24, 2.45) is 0 Å². The summed E-state index contributed by atoms with van der Waals surface area (Å²) in [5, 5.41) is 0. The number of thioether (sulfide) groups is 1. The number of ether oxygens (including phenoxy) is 1. The van der Waals surface area contributed by atoms with E-state index in [9.17, 15) is 9.59 Å². The molecule has 0 aromatic carbocycles. The standard InChI is InChI=1S/C5H6O3S3/c1-5(10)4(7)8-2(6)3(9)11-5/h3,9-10H,1H3. The molecule has 0 aromatic rings. The Labute approximate surface area is 79.1 Å². The number of thiol groups is 2. The van der Waals surface area contributed by atoms with Crippen LogP contribution in [0.1, 0.15) is 6.92 Å². The van der Waals surface area contributed by atoms with Gasteiger partial charge in [-0.1, -0.05) is 0 Å². The molecule has 1 heterocycles. The maximum absolute atomic E-state index is 10.9. The highest BCUT2D eigenvalue weighted by molar-refractivity contribution is 8.19. The highest BCUT2D eigenvalue weighted by Gasteiger charge is 2.43. The van der Waals surface area contributed by atoms with Gasteiger partial charge < -0.3 is 4.74 Å². The Bertz CT molecular complexity index is 213. The zero-order valence-electron chi connectivity index (χ0n) is 5.60. The van der Waals surface area contributed by atoms with Gasteiger partial charge in [0.15, 0.2) is 4.08 Å². The summed E-state index contributed by atoms with van der Waals surface area (Å²) in [5.74, 6) is -1.24. The van der Waals surface area contributed by atoms with E-state index < -0.39 is 20.6 Å². The van der Waals surface area contributed by atoms with Gasteiger partial charge in [-0.25, -0.2) is 9.59 Å². The lowest BCUT2D eigenvalue weighted by Gasteiger charge is -2.27. The lowest BCUT2D eigenvalue weighted by molar-refractivity contribution is -0.159. The van der Waals surface area contributed by atoms with E-state index in [1.807, 2.05) is 0 Å². The lowest BCUT2D eigenvalue weighted by Crippen LogP contribution is -2.39. The third kappa shape index (κ3) is 1.86. The lowest BCUT2D eigenvalue weighted by atomic mass is 10.5. The normalized spacial score (nSPS) is 38.6. The van der Waals surface area contributed by atoms with E-state index >= 15 is 0 Å². The van der Waals surface area contributed by atoms with Crippen molar-refractivity contribution in [1.82, 2.24) is 0 Å². The minimum absolute atomic E-state index is 0.616. The van der Waals surface area contributed by atoms with Gasteiger partial charge in [0, 0.05) is 0 Å². The van der Waals surface area contributed by atoms with E-state index in [1.165, 1.54) is 0 Å². The van der Waals surface area contributed by atoms with Gasteiger partial charge in [-0.15, -0.1) is 11.8 Å². The second kappa shape index (κ2) is 2.91. The molecule has 1 rings (SSSR count). The Hall–Kier alpha value is 0.190. The Morgan fingerprint density at radius 3 is 2.64 bits per heavy atom. The zero-order chi connectivity index (χ0) is 8.65. The van der Waals surface area contributed by atoms with Crippen molar-refractivity contribution in [2.75, 3.05) is 0 Å². The average Bonchev–Trinajstić information content (AvgIpc) is 1.83. The van der Waals surface area contributed by atoms with Crippen LogP contribution in [0.25, 0.3) is 0 Å². The molecule has 0 spiro atoms. The van der Waals surface area contributed by atoms with Crippen LogP contribution < -0.4 is 0 Å². The first kappa shape index (κ1) is 9.28. The van der Waals surface area contributed by atoms with E-state index in [0.29, 0.717) is 0 Å². The quantitative estimate of drug-likeness (QED) is 0.351. The van der Waals surface area contributed by atoms with Crippen LogP contribution in [0.15, 0.2) is 0 Å². The topological polar surface area (TPSA) is 43.4 Å². The van der Waals surface area contributed by atoms with Crippen molar-refractivity contribution in [3.63, 3.8) is 0 Å². The molecular formula is C5H6O3S3. The van der Waals surface area contributed by atoms with Crippen molar-refractivity contribution < 1.29 is 14.3 Å². The zero-order valence-corrected chi connectivity index (χ0v) is 8.21. The van der Waals surface area contributed by atoms with Gasteiger partial charge in [-0.05, 0) is 6.92 Å². The minimum Gasteiger partial charge on any atom is -0.390 e. The highest BCUT2D eigenvalue weighted by atomic mass is 32.2. The fraction of sp³-hybridized carbons (Fsp3) is 0.600. The monoisotopic (exact) mass is 210 g/mol. The van der Waals surface area contributed by atoms with Crippen molar-refractivity contribution >= 4 is 49.0 Å². The van der Waals surface area contributed by atoms with Gasteiger partial charge in [0.05, 0.1) is 0 Å². The predicted octanol–water partition coefficient (Wildman–Crippen LogP) is 0.705. The Kier molecular flexibility index (Phi) is 2.46. The third-order valence-electron chi connectivity index (χ3n) is 1.11. The van der Waals surface area contributed by atoms with Gasteiger partial charge >= 0.3 is 11.9 Å². The molecule has 0 N–H and O–H groups in total. The largest absolute Gasteiger partial charge is 0.390 e. The van der Waals surface area contributed by atoms with Crippen LogP contribution >= 0.6 is 37.0 Å². The maximum Gasteiger partial charge on any atom is 0.339 e. The van der Waals surface area contributed by atoms with E-state index in [1.54, 1.807) is 6.92 Å². The Morgan fingerprint density at radius 2 is 2.18 bits per heavy atom. The van der Waals surface area contributed by atoms with E-state index in [-0.39, 0.29) is 0 Å². The van der Waals surface area contributed by atoms with Gasteiger partial charge in [0.25, 0.3) is 0 Å². The second-order valence-electron chi connectivity index (χ2n) is 2.16. The third-order valence-corrected chi connectivity index (χ3v) is 3.18. The molecule has 0 aliphatic carbocycles. The summed E-state index contributed by atoms with van der Waals surface area (Å²) in [6.45, 7) is 1.57. The number of hydrogen-bond donors (Lipinski definition) is 2. The number of cyclic esters (lactones) is 2. The second-order valence-corrected chi connectivity index (χ2v) is 5.75. The molecule has 1 aliphatic rings. The van der Waals surface area contributed by atoms with Crippen LogP contribution in [0.2, 0.25) is 0 Å². The summed E-state index contributed by atoms with van der Waals surface area (Å²) in [4.78, 5) is 21.6. The van der Waals surface area contributed by atoms with Gasteiger partial charge in [0.2, 0.25) is 0 Å². The SMILES string of the molecule is CC1(S)SC(S)C(=O)OC1=O. The highest BCUT2D eigenvalue weighted by Crippen LogP contribution is 2.39. The number of esters is 2. The Morgan fingerprint density at radius 1 is 1.64 bits per heavy atom. The van der Waals surface area contributed by atoms with Crippen molar-refractivity contribution in [3.05, 3.63) is 0 Å². The molecule has 0 aromatic heterocycles. The molecule has 1 saturated heterocycles. The van der Waals surface area contributed by atoms with E-state index in [4.69, 9.17) is 0 Å². The molecular weight excluding hydrogens is 204 g/mol. The van der Waals surface area contributed by atoms with Gasteiger partial charge in [-0.3, -0.25) is 0 Å². The number of hydrogen-bond acceptors (Lipinski definition) is 6. The molecule has 1 fully saturated rings. The number of carbonyl (C=O) groups is 2. The van der Waals surface area contributed by atoms with Crippen LogP contribution in [0.3, 0.4) is 0 Å². The molecule has 2 unspecified atom stereocenters. The summed E-state index contributed by atoms with van der Waals surface area (Å²) in [6.07, 6.45) is 0. The first-order valence-corrected chi connectivity index (χ1v) is 4.62. The molecule has 2 atom stereocenters. The van der Waals surface area contributed by atoms with E-state index in [0.717, 1.165) is 11.8 Å². The van der Waals surface area contributed by atoms with Crippen LogP contribution in [0.4, 0.5) is 0 Å². The fourth-order valence-corrected chi connectivity index (χ4v) is 2.56. The molecule has 0 amide bonds. The molecule has 0 bridgehead atoms. The molecule has 11 heavy (non-hydrogen) atoms. The first-order chi connectivity index (χ1) is 4.93. The molecule has 0 saturated carbocycles. The summed E-state index contributed by atoms with van der Waals surface area (Å²) in [7, 11) is 0. The van der Waals surface area contributed by atoms with Crippen molar-refractivity contribution in [1.29, 1.82) is 0 Å². The van der Waals surface area contributed by atoms with E-state index in [2.05, 4.69) is 30.0 Å². The number of rotatable bonds is 0. The van der Waals surface area contributed by atoms with Crippen molar-refractivity contribution in [3.8, 4) is 0 Å². The summed E-state index contributed by atoms with van der Waals surface area (Å²) in [5.41, 5.74) is 0. The summed E-state index contributed by atoms with van der Waals surface area (Å²) in [6, 6.07) is 0. The maximum atomic E-state index is 10.9. The molecule has 6 heteroatoms. The molecule has 3 nitrogen and oxygen atoms in total. The van der Waals surface area contributed by atoms with Crippen LogP contribution in [0, 0.1) is 0 Å². The summed E-state index contributed by atoms with van der Waals surface area (Å²) >= 11 is 8.96. The van der Waals surface area contributed by atoms with Crippen LogP contribution in [-0.2, 0) is 14.3 Å². The summed E-state index contributed by atoms with van der Waals surface area (Å²) < 4.78 is 2.79. The minimum atomic E-state index is -0.958. The van der Waals surface area contributed by atoms with Gasteiger partial charge in [-0.2, -0.15) is 25.3 Å². The van der Waals surface area contributed by atoms with Gasteiger partial charge in [0.1, 0.15) is 4.58 Å². The first-order valence-electron chi connectivity index (χ1n) is 2.78. The Balaban J connectivity index is 2.79. The van der Waals surface area contributed by atoms with Crippen LogP contribution in [-0.4, -0.2) is 20.6 Å². The number of carbonyl (C=O) groups excluding carboxylic acids is 2. The molecule has 0 radical (unpaired) electrons. The fourth-order valence-electron chi connectivity index (χ4n) is 0.550. The average molecular weight is 210 g/mol. The van der Waals surface area contributed by atoms with Crippen molar-refractivity contribution in [2.45, 2.75) is 15.6 Å². The molecule has 1 aliphatic heterocycles.